The first-order valence-corrected chi connectivity index (χ1v) is 7.78. The molecule has 0 heterocycles. The van der Waals surface area contributed by atoms with Crippen LogP contribution >= 0.6 is 0 Å². The number of aliphatic hydroxyl groups excluding tert-OH is 1. The highest BCUT2D eigenvalue weighted by atomic mass is 16.5. The lowest BCUT2D eigenvalue weighted by Gasteiger charge is -2.16. The lowest BCUT2D eigenvalue weighted by atomic mass is 10.1. The van der Waals surface area contributed by atoms with Crippen LogP contribution in [0.5, 0.6) is 5.75 Å². The highest BCUT2D eigenvalue weighted by Crippen LogP contribution is 2.13. The fourth-order valence-electron chi connectivity index (χ4n) is 2.10. The highest BCUT2D eigenvalue weighted by Gasteiger charge is 2.07. The molecule has 0 spiro atoms. The van der Waals surface area contributed by atoms with E-state index in [0.29, 0.717) is 13.2 Å². The van der Waals surface area contributed by atoms with Gasteiger partial charge in [0.15, 0.2) is 0 Å². The number of benzene rings is 1. The Morgan fingerprint density at radius 1 is 1.27 bits per heavy atom. The van der Waals surface area contributed by atoms with Gasteiger partial charge in [0, 0.05) is 19.7 Å². The van der Waals surface area contributed by atoms with Gasteiger partial charge in [-0.05, 0) is 44.9 Å². The van der Waals surface area contributed by atoms with Crippen molar-refractivity contribution in [3.05, 3.63) is 41.5 Å². The molecule has 0 saturated heterocycles. The topological polar surface area (TPSA) is 50.7 Å². The van der Waals surface area contributed by atoms with Gasteiger partial charge in [-0.2, -0.15) is 0 Å². The summed E-state index contributed by atoms with van der Waals surface area (Å²) in [4.78, 5) is 0. The van der Waals surface area contributed by atoms with Crippen LogP contribution in [0.3, 0.4) is 0 Å². The summed E-state index contributed by atoms with van der Waals surface area (Å²) in [6.45, 7) is 7.71. The van der Waals surface area contributed by atoms with Crippen LogP contribution in [0.1, 0.15) is 26.3 Å². The highest BCUT2D eigenvalue weighted by molar-refractivity contribution is 5.27. The summed E-state index contributed by atoms with van der Waals surface area (Å²) in [6.07, 6.45) is 2.50. The summed E-state index contributed by atoms with van der Waals surface area (Å²) in [5.41, 5.74) is 2.48. The summed E-state index contributed by atoms with van der Waals surface area (Å²) in [5.74, 6) is 0.776. The second-order valence-electron chi connectivity index (χ2n) is 5.79. The Labute approximate surface area is 134 Å². The van der Waals surface area contributed by atoms with Gasteiger partial charge < -0.3 is 19.9 Å². The molecule has 0 aliphatic heterocycles. The number of hydrogen-bond acceptors (Lipinski definition) is 4. The normalized spacial score (nSPS) is 13.5. The molecule has 0 saturated carbocycles. The van der Waals surface area contributed by atoms with Gasteiger partial charge in [-0.25, -0.2) is 0 Å². The summed E-state index contributed by atoms with van der Waals surface area (Å²) < 4.78 is 10.7. The molecular weight excluding hydrogens is 278 g/mol. The summed E-state index contributed by atoms with van der Waals surface area (Å²) in [7, 11) is 1.70. The first kappa shape index (κ1) is 18.7. The van der Waals surface area contributed by atoms with Crippen LogP contribution in [-0.4, -0.2) is 44.1 Å². The third-order valence-corrected chi connectivity index (χ3v) is 3.22. The standard InChI is InChI=1S/C18H29NO3/c1-14(2)11-15(3)19-12-17(20)13-22-18-7-5-16(6-8-18)9-10-21-4/h5-8,11,15,17,19-20H,9-10,12-13H2,1-4H3. The monoisotopic (exact) mass is 307 g/mol. The van der Waals surface area contributed by atoms with E-state index in [-0.39, 0.29) is 12.6 Å². The van der Waals surface area contributed by atoms with E-state index in [1.165, 1.54) is 11.1 Å². The second kappa shape index (κ2) is 10.4. The molecule has 2 atom stereocenters. The van der Waals surface area contributed by atoms with Crippen molar-refractivity contribution in [1.29, 1.82) is 0 Å². The van der Waals surface area contributed by atoms with Crippen molar-refractivity contribution < 1.29 is 14.6 Å². The maximum absolute atomic E-state index is 9.94. The zero-order chi connectivity index (χ0) is 16.4. The van der Waals surface area contributed by atoms with Crippen LogP contribution in [0.4, 0.5) is 0 Å². The first-order valence-electron chi connectivity index (χ1n) is 7.78. The molecule has 22 heavy (non-hydrogen) atoms. The quantitative estimate of drug-likeness (QED) is 0.652. The number of allylic oxidation sites excluding steroid dienone is 1. The van der Waals surface area contributed by atoms with Gasteiger partial charge in [0.25, 0.3) is 0 Å². The Morgan fingerprint density at radius 3 is 2.55 bits per heavy atom. The molecule has 124 valence electrons. The van der Waals surface area contributed by atoms with Crippen LogP contribution < -0.4 is 10.1 Å². The molecule has 2 unspecified atom stereocenters. The number of nitrogens with one attached hydrogen (secondary N) is 1. The van der Waals surface area contributed by atoms with Gasteiger partial charge in [-0.1, -0.05) is 23.8 Å². The maximum Gasteiger partial charge on any atom is 0.119 e. The van der Waals surface area contributed by atoms with Crippen LogP contribution in [0, 0.1) is 0 Å². The van der Waals surface area contributed by atoms with E-state index in [1.54, 1.807) is 7.11 Å². The van der Waals surface area contributed by atoms with Crippen LogP contribution in [0.2, 0.25) is 0 Å². The van der Waals surface area contributed by atoms with E-state index in [4.69, 9.17) is 9.47 Å². The maximum atomic E-state index is 9.94. The smallest absolute Gasteiger partial charge is 0.119 e. The molecule has 0 aromatic heterocycles. The molecule has 1 aromatic rings. The van der Waals surface area contributed by atoms with Crippen LogP contribution in [0.15, 0.2) is 35.9 Å². The molecule has 0 aliphatic carbocycles. The van der Waals surface area contributed by atoms with E-state index in [0.717, 1.165) is 12.2 Å². The minimum Gasteiger partial charge on any atom is -0.491 e. The van der Waals surface area contributed by atoms with E-state index in [1.807, 2.05) is 24.3 Å². The number of hydrogen-bond donors (Lipinski definition) is 2. The van der Waals surface area contributed by atoms with Crippen molar-refractivity contribution in [1.82, 2.24) is 5.32 Å². The van der Waals surface area contributed by atoms with Gasteiger partial charge in [-0.3, -0.25) is 0 Å². The Bertz CT molecular complexity index is 438. The van der Waals surface area contributed by atoms with Gasteiger partial charge in [-0.15, -0.1) is 0 Å². The summed E-state index contributed by atoms with van der Waals surface area (Å²) in [6, 6.07) is 8.15. The number of rotatable bonds is 10. The van der Waals surface area contributed by atoms with Crippen molar-refractivity contribution in [2.24, 2.45) is 0 Å². The van der Waals surface area contributed by atoms with E-state index < -0.39 is 6.10 Å². The molecule has 1 rings (SSSR count). The Kier molecular flexibility index (Phi) is 8.82. The molecule has 0 fully saturated rings. The van der Waals surface area contributed by atoms with Gasteiger partial charge in [0.1, 0.15) is 18.5 Å². The lowest BCUT2D eigenvalue weighted by molar-refractivity contribution is 0.105. The molecule has 4 nitrogen and oxygen atoms in total. The molecule has 0 radical (unpaired) electrons. The molecule has 4 heteroatoms. The van der Waals surface area contributed by atoms with Gasteiger partial charge in [0.05, 0.1) is 6.61 Å². The third kappa shape index (κ3) is 8.17. The fourth-order valence-corrected chi connectivity index (χ4v) is 2.10. The SMILES string of the molecule is COCCc1ccc(OCC(O)CNC(C)C=C(C)C)cc1. The molecular formula is C18H29NO3. The molecule has 0 bridgehead atoms. The van der Waals surface area contributed by atoms with E-state index in [2.05, 4.69) is 32.2 Å². The number of methoxy groups -OCH3 is 1. The Morgan fingerprint density at radius 2 is 1.95 bits per heavy atom. The van der Waals surface area contributed by atoms with E-state index in [9.17, 15) is 5.11 Å². The average molecular weight is 307 g/mol. The summed E-state index contributed by atoms with van der Waals surface area (Å²) >= 11 is 0. The van der Waals surface area contributed by atoms with Crippen molar-refractivity contribution in [3.8, 4) is 5.75 Å². The van der Waals surface area contributed by atoms with Crippen LogP contribution in [0.25, 0.3) is 0 Å². The predicted molar refractivity (Wildman–Crippen MR) is 90.4 cm³/mol. The zero-order valence-corrected chi connectivity index (χ0v) is 14.1. The minimum absolute atomic E-state index is 0.250. The van der Waals surface area contributed by atoms with Gasteiger partial charge in [0.2, 0.25) is 0 Å². The largest absolute Gasteiger partial charge is 0.491 e. The molecule has 0 amide bonds. The predicted octanol–water partition coefficient (Wildman–Crippen LogP) is 2.56. The summed E-state index contributed by atoms with van der Waals surface area (Å²) in [5, 5.41) is 13.2. The molecule has 1 aromatic carbocycles. The Balaban J connectivity index is 2.28. The molecule has 0 aliphatic rings. The van der Waals surface area contributed by atoms with Crippen LogP contribution in [-0.2, 0) is 11.2 Å². The lowest BCUT2D eigenvalue weighted by Crippen LogP contribution is -2.35. The average Bonchev–Trinajstić information content (AvgIpc) is 2.49. The minimum atomic E-state index is -0.527. The van der Waals surface area contributed by atoms with Gasteiger partial charge >= 0.3 is 0 Å². The van der Waals surface area contributed by atoms with Crippen molar-refractivity contribution in [3.63, 3.8) is 0 Å². The third-order valence-electron chi connectivity index (χ3n) is 3.22. The molecule has 2 N–H and O–H groups in total. The zero-order valence-electron chi connectivity index (χ0n) is 14.1. The Hall–Kier alpha value is -1.36. The van der Waals surface area contributed by atoms with Crippen molar-refractivity contribution in [2.75, 3.05) is 26.9 Å². The first-order chi connectivity index (χ1) is 10.5. The number of ether oxygens (including phenoxy) is 2. The fraction of sp³-hybridized carbons (Fsp3) is 0.556. The van der Waals surface area contributed by atoms with Crippen molar-refractivity contribution in [2.45, 2.75) is 39.3 Å². The van der Waals surface area contributed by atoms with E-state index >= 15 is 0 Å². The second-order valence-corrected chi connectivity index (χ2v) is 5.79. The number of aliphatic hydroxyl groups is 1. The van der Waals surface area contributed by atoms with Crippen molar-refractivity contribution >= 4 is 0 Å².